The minimum atomic E-state index is 0.525. The van der Waals surface area contributed by atoms with E-state index in [4.69, 9.17) is 19.4 Å². The van der Waals surface area contributed by atoms with Crippen molar-refractivity contribution in [2.75, 3.05) is 0 Å². The SMILES string of the molecule is c1ccc(-c2cccc(-c3nc(-c4ccccc4)nc(-n4c5cccc(-c6ccccc6)c5c5ccc6c7ccccc7oc6c54)n3)c2)cc1. The highest BCUT2D eigenvalue weighted by Gasteiger charge is 2.23. The summed E-state index contributed by atoms with van der Waals surface area (Å²) in [6.45, 7) is 0. The monoisotopic (exact) mass is 640 g/mol. The van der Waals surface area contributed by atoms with Crippen LogP contribution in [0.4, 0.5) is 0 Å². The van der Waals surface area contributed by atoms with E-state index in [1.54, 1.807) is 0 Å². The summed E-state index contributed by atoms with van der Waals surface area (Å²) in [6, 6.07) is 58.5. The molecule has 0 spiro atoms. The van der Waals surface area contributed by atoms with Crippen LogP contribution < -0.4 is 0 Å². The van der Waals surface area contributed by atoms with Crippen LogP contribution in [0.15, 0.2) is 174 Å². The van der Waals surface area contributed by atoms with Crippen LogP contribution in [0.3, 0.4) is 0 Å². The second-order valence-electron chi connectivity index (χ2n) is 12.4. The molecule has 3 aromatic heterocycles. The van der Waals surface area contributed by atoms with Gasteiger partial charge in [-0.15, -0.1) is 0 Å². The molecule has 0 saturated carbocycles. The Kier molecular flexibility index (Phi) is 6.42. The topological polar surface area (TPSA) is 56.7 Å². The molecule has 5 nitrogen and oxygen atoms in total. The molecule has 0 fully saturated rings. The maximum atomic E-state index is 6.71. The number of hydrogen-bond acceptors (Lipinski definition) is 4. The molecule has 0 saturated heterocycles. The van der Waals surface area contributed by atoms with Crippen LogP contribution in [-0.2, 0) is 0 Å². The van der Waals surface area contributed by atoms with E-state index in [2.05, 4.69) is 126 Å². The first-order chi connectivity index (χ1) is 24.8. The van der Waals surface area contributed by atoms with Crippen molar-refractivity contribution in [1.82, 2.24) is 19.5 Å². The molecular weight excluding hydrogens is 613 g/mol. The van der Waals surface area contributed by atoms with Crippen molar-refractivity contribution in [3.8, 4) is 51.0 Å². The van der Waals surface area contributed by atoms with E-state index in [9.17, 15) is 0 Å². The van der Waals surface area contributed by atoms with Gasteiger partial charge in [0.25, 0.3) is 0 Å². The Morgan fingerprint density at radius 2 is 1.02 bits per heavy atom. The number of aromatic nitrogens is 4. The Morgan fingerprint density at radius 3 is 1.80 bits per heavy atom. The summed E-state index contributed by atoms with van der Waals surface area (Å²) in [5, 5.41) is 4.31. The van der Waals surface area contributed by atoms with Crippen molar-refractivity contribution in [3.63, 3.8) is 0 Å². The summed E-state index contributed by atoms with van der Waals surface area (Å²) in [6.07, 6.45) is 0. The van der Waals surface area contributed by atoms with Gasteiger partial charge in [-0.2, -0.15) is 9.97 Å². The third-order valence-corrected chi connectivity index (χ3v) is 9.47. The Morgan fingerprint density at radius 1 is 0.420 bits per heavy atom. The summed E-state index contributed by atoms with van der Waals surface area (Å²) >= 11 is 0. The molecule has 7 aromatic carbocycles. The number of fused-ring (bicyclic) bond motifs is 7. The molecule has 10 aromatic rings. The van der Waals surface area contributed by atoms with E-state index in [0.29, 0.717) is 17.6 Å². The molecule has 0 bridgehead atoms. The summed E-state index contributed by atoms with van der Waals surface area (Å²) in [7, 11) is 0. The van der Waals surface area contributed by atoms with E-state index in [-0.39, 0.29) is 0 Å². The van der Waals surface area contributed by atoms with Gasteiger partial charge in [0.1, 0.15) is 11.1 Å². The maximum Gasteiger partial charge on any atom is 0.238 e. The van der Waals surface area contributed by atoms with Gasteiger partial charge in [0.05, 0.1) is 5.52 Å². The number of rotatable bonds is 5. The third kappa shape index (κ3) is 4.52. The molecule has 0 aliphatic carbocycles. The van der Waals surface area contributed by atoms with Crippen LogP contribution in [0.5, 0.6) is 0 Å². The minimum absolute atomic E-state index is 0.525. The fourth-order valence-corrected chi connectivity index (χ4v) is 7.17. The Balaban J connectivity index is 1.32. The van der Waals surface area contributed by atoms with Crippen molar-refractivity contribution < 1.29 is 4.42 Å². The fraction of sp³-hybridized carbons (Fsp3) is 0. The molecular formula is C45H28N4O. The van der Waals surface area contributed by atoms with Crippen molar-refractivity contribution >= 4 is 43.7 Å². The number of hydrogen-bond donors (Lipinski definition) is 0. The summed E-state index contributed by atoms with van der Waals surface area (Å²) in [5.41, 5.74) is 9.88. The molecule has 0 N–H and O–H groups in total. The first-order valence-electron chi connectivity index (χ1n) is 16.7. The highest BCUT2D eigenvalue weighted by atomic mass is 16.3. The molecule has 0 radical (unpaired) electrons. The second-order valence-corrected chi connectivity index (χ2v) is 12.4. The molecule has 10 rings (SSSR count). The normalized spacial score (nSPS) is 11.6. The highest BCUT2D eigenvalue weighted by Crippen LogP contribution is 2.43. The van der Waals surface area contributed by atoms with E-state index >= 15 is 0 Å². The van der Waals surface area contributed by atoms with Gasteiger partial charge in [0.15, 0.2) is 17.2 Å². The van der Waals surface area contributed by atoms with Gasteiger partial charge in [-0.3, -0.25) is 4.57 Å². The first kappa shape index (κ1) is 28.2. The smallest absolute Gasteiger partial charge is 0.238 e. The van der Waals surface area contributed by atoms with Crippen LogP contribution >= 0.6 is 0 Å². The van der Waals surface area contributed by atoms with Crippen LogP contribution in [0.1, 0.15) is 0 Å². The van der Waals surface area contributed by atoms with Gasteiger partial charge in [-0.1, -0.05) is 146 Å². The van der Waals surface area contributed by atoms with Gasteiger partial charge in [0, 0.05) is 32.7 Å². The number of furan rings is 1. The van der Waals surface area contributed by atoms with Crippen molar-refractivity contribution in [3.05, 3.63) is 170 Å². The average Bonchev–Trinajstić information content (AvgIpc) is 3.75. The minimum Gasteiger partial charge on any atom is -0.454 e. The zero-order valence-electron chi connectivity index (χ0n) is 26.9. The summed E-state index contributed by atoms with van der Waals surface area (Å²) in [5.74, 6) is 1.72. The molecule has 234 valence electrons. The quantitative estimate of drug-likeness (QED) is 0.188. The Hall–Kier alpha value is -6.85. The van der Waals surface area contributed by atoms with E-state index in [1.807, 2.05) is 48.5 Å². The lowest BCUT2D eigenvalue weighted by atomic mass is 9.99. The summed E-state index contributed by atoms with van der Waals surface area (Å²) < 4.78 is 8.87. The largest absolute Gasteiger partial charge is 0.454 e. The van der Waals surface area contributed by atoms with Gasteiger partial charge in [-0.05, 0) is 46.5 Å². The maximum absolute atomic E-state index is 6.71. The van der Waals surface area contributed by atoms with Gasteiger partial charge < -0.3 is 4.42 Å². The van der Waals surface area contributed by atoms with Crippen LogP contribution in [0.25, 0.3) is 94.7 Å². The molecule has 0 amide bonds. The molecule has 0 atom stereocenters. The molecule has 0 aliphatic rings. The molecule has 5 heteroatoms. The highest BCUT2D eigenvalue weighted by molar-refractivity contribution is 6.24. The van der Waals surface area contributed by atoms with Gasteiger partial charge >= 0.3 is 0 Å². The standard InChI is InChI=1S/C45H28N4O/c1-4-14-29(15-5-1)32-20-12-21-33(28-32)44-46-43(31-18-8-3-9-19-31)47-45(48-44)49-38-24-13-23-34(30-16-6-2-7-17-30)40(38)37-27-26-36-35-22-10-11-25-39(35)50-42(36)41(37)49/h1-28H. The Bertz CT molecular complexity index is 2860. The zero-order valence-corrected chi connectivity index (χ0v) is 26.9. The van der Waals surface area contributed by atoms with E-state index in [0.717, 1.165) is 77.1 Å². The zero-order chi connectivity index (χ0) is 33.0. The number of nitrogens with zero attached hydrogens (tertiary/aromatic N) is 4. The molecule has 0 aliphatic heterocycles. The van der Waals surface area contributed by atoms with Crippen molar-refractivity contribution in [2.45, 2.75) is 0 Å². The lowest BCUT2D eigenvalue weighted by Crippen LogP contribution is -2.06. The Labute approximate surface area is 287 Å². The number of para-hydroxylation sites is 1. The van der Waals surface area contributed by atoms with Crippen molar-refractivity contribution in [1.29, 1.82) is 0 Å². The van der Waals surface area contributed by atoms with Crippen LogP contribution in [0.2, 0.25) is 0 Å². The predicted octanol–water partition coefficient (Wildman–Crippen LogP) is 11.5. The van der Waals surface area contributed by atoms with E-state index in [1.165, 1.54) is 0 Å². The molecule has 0 unspecified atom stereocenters. The second kappa shape index (κ2) is 11.4. The third-order valence-electron chi connectivity index (χ3n) is 9.47. The van der Waals surface area contributed by atoms with Crippen LogP contribution in [-0.4, -0.2) is 19.5 Å². The van der Waals surface area contributed by atoms with Crippen LogP contribution in [0, 0.1) is 0 Å². The van der Waals surface area contributed by atoms with Crippen molar-refractivity contribution in [2.24, 2.45) is 0 Å². The molecule has 50 heavy (non-hydrogen) atoms. The number of benzene rings is 7. The lowest BCUT2D eigenvalue weighted by Gasteiger charge is -2.12. The molecule has 3 heterocycles. The summed E-state index contributed by atoms with van der Waals surface area (Å²) in [4.78, 5) is 15.6. The van der Waals surface area contributed by atoms with Gasteiger partial charge in [-0.25, -0.2) is 4.98 Å². The fourth-order valence-electron chi connectivity index (χ4n) is 7.17. The lowest BCUT2D eigenvalue weighted by molar-refractivity contribution is 0.670. The first-order valence-corrected chi connectivity index (χ1v) is 16.7. The van der Waals surface area contributed by atoms with E-state index < -0.39 is 0 Å². The van der Waals surface area contributed by atoms with Gasteiger partial charge in [0.2, 0.25) is 5.95 Å². The predicted molar refractivity (Wildman–Crippen MR) is 203 cm³/mol. The average molecular weight is 641 g/mol.